The van der Waals surface area contributed by atoms with Gasteiger partial charge in [-0.2, -0.15) is 0 Å². The van der Waals surface area contributed by atoms with Crippen molar-refractivity contribution < 1.29 is 14.7 Å². The summed E-state index contributed by atoms with van der Waals surface area (Å²) in [7, 11) is 0. The van der Waals surface area contributed by atoms with E-state index in [1.54, 1.807) is 6.07 Å². The average molecular weight is 452 g/mol. The molecular weight excluding hydrogens is 430 g/mol. The number of benzene rings is 3. The molecule has 0 spiro atoms. The molecule has 29 heavy (non-hydrogen) atoms. The third-order valence-corrected chi connectivity index (χ3v) is 5.42. The minimum atomic E-state index is -1.02. The Balaban J connectivity index is 1.78. The van der Waals surface area contributed by atoms with Crippen LogP contribution in [0.25, 0.3) is 0 Å². The molecule has 0 saturated heterocycles. The van der Waals surface area contributed by atoms with Crippen LogP contribution >= 0.6 is 15.9 Å². The lowest BCUT2D eigenvalue weighted by molar-refractivity contribution is 0.0693. The van der Waals surface area contributed by atoms with Crippen molar-refractivity contribution in [2.75, 3.05) is 13.1 Å². The van der Waals surface area contributed by atoms with Gasteiger partial charge in [0.05, 0.1) is 11.1 Å². The van der Waals surface area contributed by atoms with E-state index in [4.69, 9.17) is 5.11 Å². The number of halogens is 1. The van der Waals surface area contributed by atoms with E-state index in [9.17, 15) is 9.59 Å². The second kappa shape index (κ2) is 10.0. The standard InChI is InChI=1S/C24H22BrNO3/c25-22-17-20(24(28)29)11-12-21(22)23(27)26(15-13-18-7-3-1-4-8-18)16-14-19-9-5-2-6-10-19/h1-12,17H,13-16H2,(H,28,29). The maximum Gasteiger partial charge on any atom is 0.335 e. The summed E-state index contributed by atoms with van der Waals surface area (Å²) >= 11 is 3.37. The van der Waals surface area contributed by atoms with E-state index in [0.29, 0.717) is 23.1 Å². The highest BCUT2D eigenvalue weighted by molar-refractivity contribution is 9.10. The third-order valence-electron chi connectivity index (χ3n) is 4.76. The van der Waals surface area contributed by atoms with E-state index in [-0.39, 0.29) is 11.5 Å². The van der Waals surface area contributed by atoms with Gasteiger partial charge in [-0.25, -0.2) is 4.79 Å². The molecule has 0 atom stereocenters. The van der Waals surface area contributed by atoms with Gasteiger partial charge in [-0.3, -0.25) is 4.79 Å². The number of rotatable bonds is 8. The summed E-state index contributed by atoms with van der Waals surface area (Å²) in [6, 6.07) is 24.7. The molecule has 0 aromatic heterocycles. The molecule has 148 valence electrons. The molecule has 0 fully saturated rings. The summed E-state index contributed by atoms with van der Waals surface area (Å²) in [5.74, 6) is -1.13. The van der Waals surface area contributed by atoms with Gasteiger partial charge in [-0.1, -0.05) is 60.7 Å². The molecular formula is C24H22BrNO3. The Morgan fingerprint density at radius 1 is 0.793 bits per heavy atom. The fraction of sp³-hybridized carbons (Fsp3) is 0.167. The van der Waals surface area contributed by atoms with Crippen LogP contribution in [0, 0.1) is 0 Å². The van der Waals surface area contributed by atoms with Gasteiger partial charge in [0.15, 0.2) is 0 Å². The van der Waals surface area contributed by atoms with Crippen molar-refractivity contribution >= 4 is 27.8 Å². The first kappa shape index (κ1) is 20.8. The number of nitrogens with zero attached hydrogens (tertiary/aromatic N) is 1. The average Bonchev–Trinajstić information content (AvgIpc) is 2.74. The van der Waals surface area contributed by atoms with E-state index in [1.165, 1.54) is 23.3 Å². The molecule has 0 aliphatic heterocycles. The zero-order valence-electron chi connectivity index (χ0n) is 15.9. The Morgan fingerprint density at radius 3 is 1.76 bits per heavy atom. The largest absolute Gasteiger partial charge is 0.478 e. The van der Waals surface area contributed by atoms with Gasteiger partial charge in [0, 0.05) is 17.6 Å². The van der Waals surface area contributed by atoms with Crippen LogP contribution in [0.15, 0.2) is 83.3 Å². The van der Waals surface area contributed by atoms with Gasteiger partial charge in [0.1, 0.15) is 0 Å². The number of carboxylic acids is 1. The Morgan fingerprint density at radius 2 is 1.31 bits per heavy atom. The smallest absolute Gasteiger partial charge is 0.335 e. The first-order chi connectivity index (χ1) is 14.0. The van der Waals surface area contributed by atoms with Gasteiger partial charge < -0.3 is 10.0 Å². The van der Waals surface area contributed by atoms with Crippen LogP contribution in [0.2, 0.25) is 0 Å². The SMILES string of the molecule is O=C(O)c1ccc(C(=O)N(CCc2ccccc2)CCc2ccccc2)c(Br)c1. The van der Waals surface area contributed by atoms with Crippen LogP contribution in [0.3, 0.4) is 0 Å². The van der Waals surface area contributed by atoms with Gasteiger partial charge >= 0.3 is 5.97 Å². The Labute approximate surface area is 178 Å². The number of hydrogen-bond donors (Lipinski definition) is 1. The molecule has 0 heterocycles. The van der Waals surface area contributed by atoms with Crippen molar-refractivity contribution in [2.45, 2.75) is 12.8 Å². The van der Waals surface area contributed by atoms with E-state index in [0.717, 1.165) is 12.8 Å². The minimum absolute atomic E-state index is 0.110. The third kappa shape index (κ3) is 5.78. The van der Waals surface area contributed by atoms with Crippen LogP contribution in [0.4, 0.5) is 0 Å². The summed E-state index contributed by atoms with van der Waals surface area (Å²) in [6.45, 7) is 1.17. The van der Waals surface area contributed by atoms with Gasteiger partial charge in [-0.15, -0.1) is 0 Å². The summed E-state index contributed by atoms with van der Waals surface area (Å²) in [5.41, 5.74) is 2.96. The zero-order chi connectivity index (χ0) is 20.6. The van der Waals surface area contributed by atoms with E-state index < -0.39 is 5.97 Å². The lowest BCUT2D eigenvalue weighted by atomic mass is 10.1. The highest BCUT2D eigenvalue weighted by Gasteiger charge is 2.19. The summed E-state index contributed by atoms with van der Waals surface area (Å²) in [6.07, 6.45) is 1.51. The predicted molar refractivity (Wildman–Crippen MR) is 117 cm³/mol. The molecule has 4 nitrogen and oxygen atoms in total. The van der Waals surface area contributed by atoms with E-state index >= 15 is 0 Å². The van der Waals surface area contributed by atoms with Crippen LogP contribution in [-0.4, -0.2) is 35.0 Å². The number of carbonyl (C=O) groups excluding carboxylic acids is 1. The summed E-state index contributed by atoms with van der Waals surface area (Å²) in [5, 5.41) is 9.15. The molecule has 0 aliphatic carbocycles. The Hall–Kier alpha value is -2.92. The highest BCUT2D eigenvalue weighted by Crippen LogP contribution is 2.21. The lowest BCUT2D eigenvalue weighted by Crippen LogP contribution is -2.35. The molecule has 3 rings (SSSR count). The number of carboxylic acid groups (broad SMARTS) is 1. The molecule has 0 saturated carbocycles. The Kier molecular flexibility index (Phi) is 7.19. The van der Waals surface area contributed by atoms with Gasteiger partial charge in [0.25, 0.3) is 5.91 Å². The van der Waals surface area contributed by atoms with Crippen LogP contribution in [0.1, 0.15) is 31.8 Å². The first-order valence-corrected chi connectivity index (χ1v) is 10.2. The fourth-order valence-electron chi connectivity index (χ4n) is 3.12. The van der Waals surface area contributed by atoms with Crippen molar-refractivity contribution in [1.82, 2.24) is 4.90 Å². The number of hydrogen-bond acceptors (Lipinski definition) is 2. The van der Waals surface area contributed by atoms with Crippen molar-refractivity contribution in [3.05, 3.63) is 106 Å². The van der Waals surface area contributed by atoms with Crippen LogP contribution < -0.4 is 0 Å². The molecule has 1 amide bonds. The molecule has 5 heteroatoms. The topological polar surface area (TPSA) is 57.6 Å². The number of amides is 1. The van der Waals surface area contributed by atoms with Crippen molar-refractivity contribution in [3.8, 4) is 0 Å². The quantitative estimate of drug-likeness (QED) is 0.519. The normalized spacial score (nSPS) is 10.5. The molecule has 3 aromatic rings. The molecule has 3 aromatic carbocycles. The molecule has 0 aliphatic rings. The number of aromatic carboxylic acids is 1. The van der Waals surface area contributed by atoms with Crippen LogP contribution in [-0.2, 0) is 12.8 Å². The molecule has 0 unspecified atom stereocenters. The van der Waals surface area contributed by atoms with Crippen molar-refractivity contribution in [3.63, 3.8) is 0 Å². The highest BCUT2D eigenvalue weighted by atomic mass is 79.9. The van der Waals surface area contributed by atoms with Crippen LogP contribution in [0.5, 0.6) is 0 Å². The zero-order valence-corrected chi connectivity index (χ0v) is 17.5. The second-order valence-electron chi connectivity index (χ2n) is 6.76. The molecule has 1 N–H and O–H groups in total. The summed E-state index contributed by atoms with van der Waals surface area (Å²) < 4.78 is 0.492. The fourth-order valence-corrected chi connectivity index (χ4v) is 3.67. The predicted octanol–water partition coefficient (Wildman–Crippen LogP) is 5.07. The number of carbonyl (C=O) groups is 2. The second-order valence-corrected chi connectivity index (χ2v) is 7.62. The minimum Gasteiger partial charge on any atom is -0.478 e. The maximum atomic E-state index is 13.2. The van der Waals surface area contributed by atoms with E-state index in [1.807, 2.05) is 41.3 Å². The van der Waals surface area contributed by atoms with Gasteiger partial charge in [-0.05, 0) is 58.1 Å². The summed E-state index contributed by atoms with van der Waals surface area (Å²) in [4.78, 5) is 26.2. The molecule has 0 bridgehead atoms. The van der Waals surface area contributed by atoms with Crippen molar-refractivity contribution in [2.24, 2.45) is 0 Å². The van der Waals surface area contributed by atoms with Crippen molar-refractivity contribution in [1.29, 1.82) is 0 Å². The molecule has 0 radical (unpaired) electrons. The van der Waals surface area contributed by atoms with Gasteiger partial charge in [0.2, 0.25) is 0 Å². The first-order valence-electron chi connectivity index (χ1n) is 9.44. The lowest BCUT2D eigenvalue weighted by Gasteiger charge is -2.24. The maximum absolute atomic E-state index is 13.2. The van der Waals surface area contributed by atoms with E-state index in [2.05, 4.69) is 40.2 Å². The Bertz CT molecular complexity index is 930. The monoisotopic (exact) mass is 451 g/mol.